The number of nitrogens with one attached hydrogen (secondary N) is 1. The van der Waals surface area contributed by atoms with Gasteiger partial charge in [-0.3, -0.25) is 4.98 Å². The first-order valence-corrected chi connectivity index (χ1v) is 13.0. The van der Waals surface area contributed by atoms with Crippen molar-refractivity contribution in [1.82, 2.24) is 24.9 Å². The van der Waals surface area contributed by atoms with Gasteiger partial charge in [0.1, 0.15) is 10.7 Å². The lowest BCUT2D eigenvalue weighted by atomic mass is 10.1. The number of aryl methyl sites for hydroxylation is 1. The molecule has 5 rings (SSSR count). The molecule has 4 aromatic rings. The van der Waals surface area contributed by atoms with Gasteiger partial charge in [0, 0.05) is 35.2 Å². The highest BCUT2D eigenvalue weighted by molar-refractivity contribution is 7.91. The second kappa shape index (κ2) is 8.57. The lowest BCUT2D eigenvalue weighted by molar-refractivity contribution is 0.560. The number of pyridine rings is 1. The third-order valence-corrected chi connectivity index (χ3v) is 7.27. The highest BCUT2D eigenvalue weighted by Gasteiger charge is 2.25. The Morgan fingerprint density at radius 2 is 1.91 bits per heavy atom. The van der Waals surface area contributed by atoms with E-state index in [2.05, 4.69) is 22.3 Å². The summed E-state index contributed by atoms with van der Waals surface area (Å²) in [5.74, 6) is 0.0799. The zero-order valence-corrected chi connectivity index (χ0v) is 19.9. The monoisotopic (exact) mass is 474 g/mol. The molecule has 3 N–H and O–H groups in total. The largest absolute Gasteiger partial charge is 0.388 e. The number of hydrogen-bond donors (Lipinski definition) is 2. The van der Waals surface area contributed by atoms with Crippen molar-refractivity contribution in [2.75, 3.05) is 12.0 Å². The average molecular weight is 475 g/mol. The number of benzene rings is 1. The summed E-state index contributed by atoms with van der Waals surface area (Å²) in [7, 11) is -3.60. The van der Waals surface area contributed by atoms with Crippen molar-refractivity contribution in [3.8, 4) is 22.4 Å². The summed E-state index contributed by atoms with van der Waals surface area (Å²) in [6.45, 7) is 2.08. The fraction of sp³-hybridized carbons (Fsp3) is 0.240. The van der Waals surface area contributed by atoms with Crippen LogP contribution in [0.3, 0.4) is 0 Å². The lowest BCUT2D eigenvalue weighted by Gasteiger charge is -2.15. The summed E-state index contributed by atoms with van der Waals surface area (Å²) in [4.78, 5) is 9.42. The number of nitrogens with zero attached hydrogens (tertiary/aromatic N) is 4. The Morgan fingerprint density at radius 1 is 1.12 bits per heavy atom. The number of rotatable bonds is 6. The van der Waals surface area contributed by atoms with Gasteiger partial charge in [0.25, 0.3) is 0 Å². The van der Waals surface area contributed by atoms with Crippen molar-refractivity contribution in [3.63, 3.8) is 0 Å². The number of aromatic nitrogens is 4. The molecule has 0 spiro atoms. The quantitative estimate of drug-likeness (QED) is 0.438. The Labute approximate surface area is 198 Å². The summed E-state index contributed by atoms with van der Waals surface area (Å²) in [5, 5.41) is 7.70. The van der Waals surface area contributed by atoms with Crippen molar-refractivity contribution in [2.45, 2.75) is 37.1 Å². The highest BCUT2D eigenvalue weighted by atomic mass is 32.2. The van der Waals surface area contributed by atoms with E-state index in [0.29, 0.717) is 17.8 Å². The summed E-state index contributed by atoms with van der Waals surface area (Å²) >= 11 is 0. The molecule has 0 unspecified atom stereocenters. The smallest absolute Gasteiger partial charge is 0.180 e. The van der Waals surface area contributed by atoms with E-state index < -0.39 is 9.84 Å². The molecule has 0 saturated heterocycles. The SMILES string of the molecule is CC1=CN[C@@H](CCc2nc3c(-c4ccc(-c5ccccc5)nc4)cnn3c(N)c2S(C)(=O)=O)C1. The standard InChI is InChI=1S/C25H26N6O2S/c1-16-12-19(27-13-16)9-11-22-23(34(2,32)33)24(26)31-25(30-22)20(15-29-31)18-8-10-21(28-14-18)17-6-4-3-5-7-17/h3-8,10,13-15,19,27H,9,11-12,26H2,1-2H3/t19-/m0/s1. The van der Waals surface area contributed by atoms with Crippen LogP contribution in [0.5, 0.6) is 0 Å². The molecule has 0 aliphatic carbocycles. The molecule has 8 nitrogen and oxygen atoms in total. The molecule has 1 aliphatic heterocycles. The third-order valence-electron chi connectivity index (χ3n) is 6.09. The van der Waals surface area contributed by atoms with Crippen LogP contribution in [-0.4, -0.2) is 40.3 Å². The van der Waals surface area contributed by atoms with Crippen LogP contribution in [0.25, 0.3) is 28.0 Å². The summed E-state index contributed by atoms with van der Waals surface area (Å²) in [6, 6.07) is 14.1. The van der Waals surface area contributed by atoms with Crippen LogP contribution in [0.2, 0.25) is 0 Å². The molecule has 1 aliphatic rings. The average Bonchev–Trinajstić information content (AvgIpc) is 3.44. The molecule has 0 amide bonds. The zero-order chi connectivity index (χ0) is 23.9. The Morgan fingerprint density at radius 3 is 2.56 bits per heavy atom. The van der Waals surface area contributed by atoms with E-state index in [1.807, 2.05) is 48.7 Å². The minimum Gasteiger partial charge on any atom is -0.388 e. The van der Waals surface area contributed by atoms with E-state index in [4.69, 9.17) is 10.7 Å². The minimum absolute atomic E-state index is 0.0508. The predicted molar refractivity (Wildman–Crippen MR) is 133 cm³/mol. The van der Waals surface area contributed by atoms with Crippen LogP contribution in [0.4, 0.5) is 5.82 Å². The molecule has 1 aromatic carbocycles. The number of hydrogen-bond acceptors (Lipinski definition) is 7. The zero-order valence-electron chi connectivity index (χ0n) is 19.1. The van der Waals surface area contributed by atoms with Gasteiger partial charge in [-0.2, -0.15) is 9.61 Å². The summed E-state index contributed by atoms with van der Waals surface area (Å²) < 4.78 is 26.6. The van der Waals surface area contributed by atoms with Gasteiger partial charge in [0.05, 0.1) is 17.6 Å². The Balaban J connectivity index is 1.54. The van der Waals surface area contributed by atoms with E-state index >= 15 is 0 Å². The van der Waals surface area contributed by atoms with Crippen LogP contribution < -0.4 is 11.1 Å². The van der Waals surface area contributed by atoms with Gasteiger partial charge >= 0.3 is 0 Å². The molecule has 9 heteroatoms. The Kier molecular flexibility index (Phi) is 5.57. The lowest BCUT2D eigenvalue weighted by Crippen LogP contribution is -2.21. The third kappa shape index (κ3) is 4.14. The number of nitrogens with two attached hydrogens (primary N) is 1. The van der Waals surface area contributed by atoms with E-state index in [0.717, 1.165) is 41.5 Å². The fourth-order valence-corrected chi connectivity index (χ4v) is 5.46. The second-order valence-electron chi connectivity index (χ2n) is 8.73. The number of fused-ring (bicyclic) bond motifs is 1. The first-order valence-electron chi connectivity index (χ1n) is 11.1. The number of anilines is 1. The van der Waals surface area contributed by atoms with Gasteiger partial charge in [-0.1, -0.05) is 42.0 Å². The molecule has 1 atom stereocenters. The Bertz CT molecular complexity index is 1490. The maximum atomic E-state index is 12.6. The molecule has 0 radical (unpaired) electrons. The minimum atomic E-state index is -3.60. The molecular weight excluding hydrogens is 448 g/mol. The molecule has 0 bridgehead atoms. The van der Waals surface area contributed by atoms with Gasteiger partial charge in [0.2, 0.25) is 0 Å². The van der Waals surface area contributed by atoms with E-state index in [-0.39, 0.29) is 16.8 Å². The second-order valence-corrected chi connectivity index (χ2v) is 10.7. The van der Waals surface area contributed by atoms with Crippen LogP contribution >= 0.6 is 0 Å². The van der Waals surface area contributed by atoms with Gasteiger partial charge in [-0.25, -0.2) is 13.4 Å². The van der Waals surface area contributed by atoms with Crippen molar-refractivity contribution in [3.05, 3.63) is 72.3 Å². The Hall–Kier alpha value is -3.72. The fourth-order valence-electron chi connectivity index (χ4n) is 4.42. The molecule has 0 fully saturated rings. The molecule has 174 valence electrons. The summed E-state index contributed by atoms with van der Waals surface area (Å²) in [5.41, 5.74) is 12.1. The van der Waals surface area contributed by atoms with Gasteiger partial charge in [-0.15, -0.1) is 0 Å². The van der Waals surface area contributed by atoms with Crippen molar-refractivity contribution >= 4 is 21.3 Å². The van der Waals surface area contributed by atoms with Crippen LogP contribution in [0.1, 0.15) is 25.5 Å². The molecular formula is C25H26N6O2S. The van der Waals surface area contributed by atoms with E-state index in [9.17, 15) is 8.42 Å². The van der Waals surface area contributed by atoms with Crippen molar-refractivity contribution < 1.29 is 8.42 Å². The van der Waals surface area contributed by atoms with Gasteiger partial charge in [0.15, 0.2) is 15.5 Å². The number of nitrogen functional groups attached to an aromatic ring is 1. The predicted octanol–water partition coefficient (Wildman–Crippen LogP) is 3.64. The number of sulfone groups is 1. The molecule has 4 heterocycles. The van der Waals surface area contributed by atoms with E-state index in [1.165, 1.54) is 10.1 Å². The van der Waals surface area contributed by atoms with Crippen LogP contribution in [0.15, 0.2) is 71.5 Å². The highest BCUT2D eigenvalue weighted by Crippen LogP contribution is 2.31. The normalized spacial score (nSPS) is 15.9. The van der Waals surface area contributed by atoms with E-state index in [1.54, 1.807) is 12.4 Å². The van der Waals surface area contributed by atoms with Crippen molar-refractivity contribution in [2.24, 2.45) is 0 Å². The van der Waals surface area contributed by atoms with Crippen LogP contribution in [-0.2, 0) is 16.3 Å². The molecule has 0 saturated carbocycles. The summed E-state index contributed by atoms with van der Waals surface area (Å²) in [6.07, 6.45) is 8.76. The van der Waals surface area contributed by atoms with Gasteiger partial charge in [-0.05, 0) is 38.5 Å². The topological polar surface area (TPSA) is 115 Å². The molecule has 3 aromatic heterocycles. The van der Waals surface area contributed by atoms with Crippen molar-refractivity contribution in [1.29, 1.82) is 0 Å². The van der Waals surface area contributed by atoms with Crippen LogP contribution in [0, 0.1) is 0 Å². The molecule has 34 heavy (non-hydrogen) atoms. The maximum Gasteiger partial charge on any atom is 0.180 e. The van der Waals surface area contributed by atoms with Gasteiger partial charge < -0.3 is 11.1 Å². The first kappa shape index (κ1) is 22.1. The maximum absolute atomic E-state index is 12.6. The first-order chi connectivity index (χ1) is 16.3.